The van der Waals surface area contributed by atoms with Crippen LogP contribution in [-0.4, -0.2) is 43.8 Å². The lowest BCUT2D eigenvalue weighted by molar-refractivity contribution is 0.120. The SMILES string of the molecule is Cc1cc2nccc(CC3CCCN(C(=O)O)C3)n2n1. The molecule has 1 N–H and O–H groups in total. The van der Waals surface area contributed by atoms with Gasteiger partial charge in [-0.2, -0.15) is 5.10 Å². The molecule has 20 heavy (non-hydrogen) atoms. The highest BCUT2D eigenvalue weighted by molar-refractivity contribution is 5.65. The van der Waals surface area contributed by atoms with Gasteiger partial charge in [-0.1, -0.05) is 0 Å². The molecule has 106 valence electrons. The van der Waals surface area contributed by atoms with Crippen LogP contribution in [0.25, 0.3) is 5.65 Å². The Bertz CT molecular complexity index is 637. The van der Waals surface area contributed by atoms with E-state index in [4.69, 9.17) is 5.11 Å². The lowest BCUT2D eigenvalue weighted by Gasteiger charge is -2.30. The molecule has 3 rings (SSSR count). The molecule has 0 bridgehead atoms. The number of amides is 1. The molecule has 6 heteroatoms. The maximum Gasteiger partial charge on any atom is 0.407 e. The van der Waals surface area contributed by atoms with Crippen molar-refractivity contribution in [2.24, 2.45) is 5.92 Å². The van der Waals surface area contributed by atoms with Crippen molar-refractivity contribution in [1.29, 1.82) is 0 Å². The highest BCUT2D eigenvalue weighted by Gasteiger charge is 2.24. The predicted molar refractivity (Wildman–Crippen MR) is 73.7 cm³/mol. The van der Waals surface area contributed by atoms with Crippen LogP contribution in [-0.2, 0) is 6.42 Å². The first-order valence-corrected chi connectivity index (χ1v) is 6.91. The third-order valence-electron chi connectivity index (χ3n) is 3.85. The van der Waals surface area contributed by atoms with Gasteiger partial charge in [0.15, 0.2) is 5.65 Å². The van der Waals surface area contributed by atoms with Crippen LogP contribution in [0.5, 0.6) is 0 Å². The summed E-state index contributed by atoms with van der Waals surface area (Å²) in [6, 6.07) is 3.92. The fraction of sp³-hybridized carbons (Fsp3) is 0.500. The molecule has 2 aromatic rings. The molecule has 1 aliphatic heterocycles. The number of hydrogen-bond donors (Lipinski definition) is 1. The fourth-order valence-electron chi connectivity index (χ4n) is 2.92. The molecule has 1 saturated heterocycles. The lowest BCUT2D eigenvalue weighted by Crippen LogP contribution is -2.39. The van der Waals surface area contributed by atoms with E-state index in [0.29, 0.717) is 19.0 Å². The van der Waals surface area contributed by atoms with Gasteiger partial charge in [-0.15, -0.1) is 0 Å². The monoisotopic (exact) mass is 274 g/mol. The highest BCUT2D eigenvalue weighted by Crippen LogP contribution is 2.21. The average molecular weight is 274 g/mol. The zero-order chi connectivity index (χ0) is 14.1. The Labute approximate surface area is 117 Å². The van der Waals surface area contributed by atoms with Gasteiger partial charge in [0, 0.05) is 31.0 Å². The van der Waals surface area contributed by atoms with Crippen molar-refractivity contribution in [1.82, 2.24) is 19.5 Å². The van der Waals surface area contributed by atoms with Crippen LogP contribution < -0.4 is 0 Å². The molecule has 0 radical (unpaired) electrons. The predicted octanol–water partition coefficient (Wildman–Crippen LogP) is 1.97. The van der Waals surface area contributed by atoms with Gasteiger partial charge in [0.2, 0.25) is 0 Å². The second-order valence-corrected chi connectivity index (χ2v) is 5.43. The number of aryl methyl sites for hydroxylation is 1. The van der Waals surface area contributed by atoms with E-state index in [1.165, 1.54) is 4.90 Å². The Morgan fingerprint density at radius 2 is 2.40 bits per heavy atom. The molecular weight excluding hydrogens is 256 g/mol. The number of likely N-dealkylation sites (tertiary alicyclic amines) is 1. The van der Waals surface area contributed by atoms with Crippen molar-refractivity contribution in [2.75, 3.05) is 13.1 Å². The Balaban J connectivity index is 1.80. The Kier molecular flexibility index (Phi) is 3.30. The topological polar surface area (TPSA) is 70.7 Å². The highest BCUT2D eigenvalue weighted by atomic mass is 16.4. The molecule has 6 nitrogen and oxygen atoms in total. The molecule has 1 fully saturated rings. The molecule has 1 unspecified atom stereocenters. The van der Waals surface area contributed by atoms with Crippen molar-refractivity contribution in [3.8, 4) is 0 Å². The first kappa shape index (κ1) is 12.9. The minimum absolute atomic E-state index is 0.356. The number of hydrogen-bond acceptors (Lipinski definition) is 3. The molecule has 0 saturated carbocycles. The largest absolute Gasteiger partial charge is 0.465 e. The number of fused-ring (bicyclic) bond motifs is 1. The zero-order valence-electron chi connectivity index (χ0n) is 11.5. The van der Waals surface area contributed by atoms with Crippen LogP contribution in [0.3, 0.4) is 0 Å². The number of carboxylic acid groups (broad SMARTS) is 1. The molecule has 0 aromatic carbocycles. The van der Waals surface area contributed by atoms with Gasteiger partial charge in [0.25, 0.3) is 0 Å². The maximum atomic E-state index is 11.1. The number of nitrogens with zero attached hydrogens (tertiary/aromatic N) is 4. The van der Waals surface area contributed by atoms with Crippen molar-refractivity contribution in [3.05, 3.63) is 29.7 Å². The van der Waals surface area contributed by atoms with E-state index in [0.717, 1.165) is 36.3 Å². The van der Waals surface area contributed by atoms with E-state index >= 15 is 0 Å². The van der Waals surface area contributed by atoms with Crippen molar-refractivity contribution in [3.63, 3.8) is 0 Å². The lowest BCUT2D eigenvalue weighted by atomic mass is 9.93. The van der Waals surface area contributed by atoms with E-state index in [1.54, 1.807) is 6.20 Å². The van der Waals surface area contributed by atoms with Gasteiger partial charge in [-0.25, -0.2) is 14.3 Å². The minimum Gasteiger partial charge on any atom is -0.465 e. The number of aromatic nitrogens is 3. The third kappa shape index (κ3) is 2.45. The van der Waals surface area contributed by atoms with Gasteiger partial charge in [0.05, 0.1) is 5.69 Å². The second kappa shape index (κ2) is 5.11. The maximum absolute atomic E-state index is 11.1. The summed E-state index contributed by atoms with van der Waals surface area (Å²) in [6.07, 6.45) is 3.81. The average Bonchev–Trinajstić information content (AvgIpc) is 2.80. The summed E-state index contributed by atoms with van der Waals surface area (Å²) in [5, 5.41) is 13.6. The van der Waals surface area contributed by atoms with Crippen molar-refractivity contribution < 1.29 is 9.90 Å². The second-order valence-electron chi connectivity index (χ2n) is 5.43. The minimum atomic E-state index is -0.815. The Hall–Kier alpha value is -2.11. The van der Waals surface area contributed by atoms with E-state index in [1.807, 2.05) is 23.6 Å². The number of rotatable bonds is 2. The van der Waals surface area contributed by atoms with E-state index < -0.39 is 6.09 Å². The Morgan fingerprint density at radius 1 is 1.55 bits per heavy atom. The van der Waals surface area contributed by atoms with Crippen LogP contribution in [0.4, 0.5) is 4.79 Å². The molecule has 3 heterocycles. The molecular formula is C14H18N4O2. The van der Waals surface area contributed by atoms with Crippen molar-refractivity contribution >= 4 is 11.7 Å². The summed E-state index contributed by atoms with van der Waals surface area (Å²) in [4.78, 5) is 16.9. The summed E-state index contributed by atoms with van der Waals surface area (Å²) >= 11 is 0. The van der Waals surface area contributed by atoms with E-state index in [9.17, 15) is 4.79 Å². The molecule has 2 aromatic heterocycles. The summed E-state index contributed by atoms with van der Waals surface area (Å²) in [6.45, 7) is 3.21. The summed E-state index contributed by atoms with van der Waals surface area (Å²) in [5.41, 5.74) is 2.90. The van der Waals surface area contributed by atoms with Crippen molar-refractivity contribution in [2.45, 2.75) is 26.2 Å². The zero-order valence-corrected chi connectivity index (χ0v) is 11.5. The van der Waals surface area contributed by atoms with Gasteiger partial charge >= 0.3 is 6.09 Å². The molecule has 1 atom stereocenters. The summed E-state index contributed by atoms with van der Waals surface area (Å²) in [5.74, 6) is 0.356. The summed E-state index contributed by atoms with van der Waals surface area (Å²) in [7, 11) is 0. The smallest absolute Gasteiger partial charge is 0.407 e. The standard InChI is InChI=1S/C14H18N4O2/c1-10-7-13-15-5-4-12(18(13)16-10)8-11-3-2-6-17(9-11)14(19)20/h4-5,7,11H,2-3,6,8-9H2,1H3,(H,19,20). The van der Waals surface area contributed by atoms with Gasteiger partial charge < -0.3 is 10.0 Å². The van der Waals surface area contributed by atoms with Crippen LogP contribution in [0.15, 0.2) is 18.3 Å². The van der Waals surface area contributed by atoms with Crippen LogP contribution >= 0.6 is 0 Å². The van der Waals surface area contributed by atoms with E-state index in [2.05, 4.69) is 10.1 Å². The normalized spacial score (nSPS) is 19.4. The molecule has 0 spiro atoms. The quantitative estimate of drug-likeness (QED) is 0.909. The third-order valence-corrected chi connectivity index (χ3v) is 3.85. The van der Waals surface area contributed by atoms with Crippen LogP contribution in [0.1, 0.15) is 24.2 Å². The first-order valence-electron chi connectivity index (χ1n) is 6.91. The van der Waals surface area contributed by atoms with Gasteiger partial charge in [0.1, 0.15) is 0 Å². The number of piperidine rings is 1. The molecule has 0 aliphatic carbocycles. The first-order chi connectivity index (χ1) is 9.63. The molecule has 1 aliphatic rings. The Morgan fingerprint density at radius 3 is 3.20 bits per heavy atom. The van der Waals surface area contributed by atoms with Crippen LogP contribution in [0.2, 0.25) is 0 Å². The van der Waals surface area contributed by atoms with Gasteiger partial charge in [-0.3, -0.25) is 0 Å². The molecule has 1 amide bonds. The van der Waals surface area contributed by atoms with Crippen LogP contribution in [0, 0.1) is 12.8 Å². The summed E-state index contributed by atoms with van der Waals surface area (Å²) < 4.78 is 1.87. The fourth-order valence-corrected chi connectivity index (χ4v) is 2.92. The van der Waals surface area contributed by atoms with Gasteiger partial charge in [-0.05, 0) is 38.2 Å². The van der Waals surface area contributed by atoms with E-state index in [-0.39, 0.29) is 0 Å². The number of carbonyl (C=O) groups is 1.